The fourth-order valence-corrected chi connectivity index (χ4v) is 5.05. The second-order valence-corrected chi connectivity index (χ2v) is 10.3. The van der Waals surface area contributed by atoms with Gasteiger partial charge in [-0.25, -0.2) is 0 Å². The lowest BCUT2D eigenvalue weighted by Gasteiger charge is -2.27. The quantitative estimate of drug-likeness (QED) is 0.518. The van der Waals surface area contributed by atoms with Gasteiger partial charge in [-0.3, -0.25) is 0 Å². The smallest absolute Gasteiger partial charge is 0.0944 e. The van der Waals surface area contributed by atoms with Crippen LogP contribution in [0.15, 0.2) is 0 Å². The van der Waals surface area contributed by atoms with Gasteiger partial charge in [0.25, 0.3) is 0 Å². The van der Waals surface area contributed by atoms with E-state index >= 15 is 0 Å². The maximum absolute atomic E-state index is 2.77. The highest BCUT2D eigenvalue weighted by atomic mass is 28.3. The summed E-state index contributed by atoms with van der Waals surface area (Å²) in [6, 6.07) is 0. The van der Waals surface area contributed by atoms with Gasteiger partial charge in [-0.15, -0.1) is 0 Å². The highest BCUT2D eigenvalue weighted by Crippen LogP contribution is 2.09. The van der Waals surface area contributed by atoms with E-state index in [0.717, 1.165) is 5.16 Å². The van der Waals surface area contributed by atoms with Crippen molar-refractivity contribution in [1.82, 2.24) is 4.57 Å². The molecule has 1 nitrogen and oxygen atoms in total. The molecule has 3 heteroatoms. The van der Waals surface area contributed by atoms with E-state index in [0.29, 0.717) is 0 Å². The molecule has 1 saturated heterocycles. The molecule has 0 bridgehead atoms. The van der Waals surface area contributed by atoms with Crippen LogP contribution in [0.1, 0.15) is 26.2 Å². The standard InChI is InChI=1S/C7H19NSi2/c1-7(9)10-8-5-3-2-4-6-8/h7H,2-6,10H2,1,9H3. The molecule has 0 aliphatic carbocycles. The van der Waals surface area contributed by atoms with Gasteiger partial charge in [-0.1, -0.05) is 18.5 Å². The first-order chi connectivity index (χ1) is 4.79. The van der Waals surface area contributed by atoms with Crippen molar-refractivity contribution in [3.05, 3.63) is 0 Å². The maximum atomic E-state index is 2.77. The summed E-state index contributed by atoms with van der Waals surface area (Å²) in [7, 11) is 1.62. The number of hydrogen-bond acceptors (Lipinski definition) is 1. The van der Waals surface area contributed by atoms with Crippen LogP contribution in [0.5, 0.6) is 0 Å². The lowest BCUT2D eigenvalue weighted by atomic mass is 10.2. The van der Waals surface area contributed by atoms with Crippen molar-refractivity contribution in [3.8, 4) is 0 Å². The largest absolute Gasteiger partial charge is 0.329 e. The molecule has 1 heterocycles. The molecule has 0 aromatic heterocycles. The van der Waals surface area contributed by atoms with E-state index in [4.69, 9.17) is 0 Å². The molecule has 0 aromatic rings. The monoisotopic (exact) mass is 173 g/mol. The van der Waals surface area contributed by atoms with Gasteiger partial charge in [-0.2, -0.15) is 0 Å². The minimum Gasteiger partial charge on any atom is -0.329 e. The molecule has 1 fully saturated rings. The second kappa shape index (κ2) is 4.31. The van der Waals surface area contributed by atoms with Crippen molar-refractivity contribution in [2.75, 3.05) is 13.1 Å². The molecule has 10 heavy (non-hydrogen) atoms. The Morgan fingerprint density at radius 1 is 1.30 bits per heavy atom. The summed E-state index contributed by atoms with van der Waals surface area (Å²) in [5.74, 6) is 0. The van der Waals surface area contributed by atoms with Gasteiger partial charge in [0.1, 0.15) is 0 Å². The predicted molar refractivity (Wildman–Crippen MR) is 53.3 cm³/mol. The number of piperidine rings is 1. The summed E-state index contributed by atoms with van der Waals surface area (Å²) >= 11 is 0. The molecule has 0 amide bonds. The molecule has 1 aliphatic rings. The van der Waals surface area contributed by atoms with Gasteiger partial charge in [-0.05, 0) is 25.9 Å². The van der Waals surface area contributed by atoms with Crippen molar-refractivity contribution in [2.45, 2.75) is 31.4 Å². The third kappa shape index (κ3) is 2.99. The lowest BCUT2D eigenvalue weighted by Crippen LogP contribution is -2.34. The molecule has 0 radical (unpaired) electrons. The molecule has 0 spiro atoms. The van der Waals surface area contributed by atoms with Crippen molar-refractivity contribution in [2.24, 2.45) is 0 Å². The molecular weight excluding hydrogens is 154 g/mol. The Kier molecular flexibility index (Phi) is 3.66. The zero-order chi connectivity index (χ0) is 7.40. The molecule has 60 valence electrons. The molecule has 1 atom stereocenters. The second-order valence-electron chi connectivity index (χ2n) is 3.76. The SMILES string of the molecule is CC([SiH3])[SiH2]N1CCCCC1. The van der Waals surface area contributed by atoms with Crippen molar-refractivity contribution in [1.29, 1.82) is 0 Å². The van der Waals surface area contributed by atoms with Crippen molar-refractivity contribution < 1.29 is 0 Å². The Bertz CT molecular complexity index is 89.6. The van der Waals surface area contributed by atoms with Gasteiger partial charge in [0.05, 0.1) is 9.68 Å². The average molecular weight is 173 g/mol. The minimum absolute atomic E-state index is 0.195. The summed E-state index contributed by atoms with van der Waals surface area (Å²) < 4.78 is 2.77. The van der Waals surface area contributed by atoms with Crippen LogP contribution in [0.3, 0.4) is 0 Å². The van der Waals surface area contributed by atoms with Crippen LogP contribution >= 0.6 is 0 Å². The van der Waals surface area contributed by atoms with Crippen LogP contribution in [0.25, 0.3) is 0 Å². The van der Waals surface area contributed by atoms with Crippen LogP contribution in [0.2, 0.25) is 5.16 Å². The Hall–Kier alpha value is 0.394. The van der Waals surface area contributed by atoms with Crippen molar-refractivity contribution in [3.63, 3.8) is 0 Å². The van der Waals surface area contributed by atoms with Crippen LogP contribution in [0, 0.1) is 0 Å². The molecule has 1 rings (SSSR count). The highest BCUT2D eigenvalue weighted by molar-refractivity contribution is 6.47. The first-order valence-corrected chi connectivity index (χ1v) is 7.12. The van der Waals surface area contributed by atoms with Crippen LogP contribution in [-0.2, 0) is 0 Å². The number of hydrogen-bond donors (Lipinski definition) is 0. The summed E-state index contributed by atoms with van der Waals surface area (Å²) in [6.07, 6.45) is 4.43. The van der Waals surface area contributed by atoms with Gasteiger partial charge < -0.3 is 4.57 Å². The third-order valence-corrected chi connectivity index (χ3v) is 5.05. The topological polar surface area (TPSA) is 3.24 Å². The van der Waals surface area contributed by atoms with Gasteiger partial charge in [0.15, 0.2) is 0 Å². The number of nitrogens with zero attached hydrogens (tertiary/aromatic N) is 1. The molecular formula is C7H19NSi2. The van der Waals surface area contributed by atoms with E-state index in [1.54, 1.807) is 0 Å². The van der Waals surface area contributed by atoms with Gasteiger partial charge in [0.2, 0.25) is 0 Å². The summed E-state index contributed by atoms with van der Waals surface area (Å²) in [5, 5.41) is 1.12. The molecule has 1 unspecified atom stereocenters. The summed E-state index contributed by atoms with van der Waals surface area (Å²) in [6.45, 7) is 5.28. The van der Waals surface area contributed by atoms with Crippen LogP contribution in [-0.4, -0.2) is 37.6 Å². The zero-order valence-corrected chi connectivity index (χ0v) is 10.7. The molecule has 0 saturated carbocycles. The maximum Gasteiger partial charge on any atom is 0.0944 e. The summed E-state index contributed by atoms with van der Waals surface area (Å²) in [5.41, 5.74) is 0. The van der Waals surface area contributed by atoms with E-state index in [9.17, 15) is 0 Å². The van der Waals surface area contributed by atoms with E-state index in [1.165, 1.54) is 42.6 Å². The Labute approximate surface area is 69.5 Å². The first-order valence-electron chi connectivity index (χ1n) is 4.51. The average Bonchev–Trinajstić information content (AvgIpc) is 1.88. The van der Waals surface area contributed by atoms with E-state index in [1.807, 2.05) is 0 Å². The summed E-state index contributed by atoms with van der Waals surface area (Å²) in [4.78, 5) is 0. The Morgan fingerprint density at radius 3 is 2.40 bits per heavy atom. The molecule has 1 aliphatic heterocycles. The minimum atomic E-state index is 0.195. The fraction of sp³-hybridized carbons (Fsp3) is 1.00. The van der Waals surface area contributed by atoms with Gasteiger partial charge in [0, 0.05) is 10.2 Å². The van der Waals surface area contributed by atoms with E-state index in [-0.39, 0.29) is 9.68 Å². The third-order valence-electron chi connectivity index (χ3n) is 2.07. The van der Waals surface area contributed by atoms with Crippen LogP contribution < -0.4 is 0 Å². The van der Waals surface area contributed by atoms with Gasteiger partial charge >= 0.3 is 0 Å². The van der Waals surface area contributed by atoms with E-state index < -0.39 is 0 Å². The normalized spacial score (nSPS) is 26.1. The molecule has 0 N–H and O–H groups in total. The van der Waals surface area contributed by atoms with Crippen LogP contribution in [0.4, 0.5) is 0 Å². The lowest BCUT2D eigenvalue weighted by molar-refractivity contribution is 0.359. The van der Waals surface area contributed by atoms with E-state index in [2.05, 4.69) is 11.5 Å². The Balaban J connectivity index is 2.13. The van der Waals surface area contributed by atoms with Crippen molar-refractivity contribution >= 4 is 19.9 Å². The molecule has 0 aromatic carbocycles. The predicted octanol–water partition coefficient (Wildman–Crippen LogP) is -0.313. The first kappa shape index (κ1) is 8.49. The zero-order valence-electron chi connectivity index (χ0n) is 7.27. The number of rotatable bonds is 2. The fourth-order valence-electron chi connectivity index (χ4n) is 1.66. The highest BCUT2D eigenvalue weighted by Gasteiger charge is 2.10. The Morgan fingerprint density at radius 2 is 1.90 bits per heavy atom.